The maximum Gasteiger partial charge on any atom is 0.248 e. The summed E-state index contributed by atoms with van der Waals surface area (Å²) >= 11 is 0. The normalized spacial score (nSPS) is 11.9. The van der Waals surface area contributed by atoms with Crippen LogP contribution >= 0.6 is 0 Å². The van der Waals surface area contributed by atoms with Gasteiger partial charge >= 0.3 is 0 Å². The smallest absolute Gasteiger partial charge is 0.248 e. The van der Waals surface area contributed by atoms with Crippen molar-refractivity contribution in [2.75, 3.05) is 0 Å². The average molecular weight is 508 g/mol. The number of amides is 1. The summed E-state index contributed by atoms with van der Waals surface area (Å²) in [7, 11) is 0. The monoisotopic (exact) mass is 507 g/mol. The number of para-hydroxylation sites is 2. The third-order valence-electron chi connectivity index (χ3n) is 7.08. The fourth-order valence-corrected chi connectivity index (χ4v) is 5.25. The van der Waals surface area contributed by atoms with Crippen LogP contribution in [0.1, 0.15) is 40.0 Å². The van der Waals surface area contributed by atoms with E-state index in [1.807, 2.05) is 91.0 Å². The van der Waals surface area contributed by atoms with Crippen molar-refractivity contribution < 1.29 is 4.79 Å². The highest BCUT2D eigenvalue weighted by Gasteiger charge is 2.31. The highest BCUT2D eigenvalue weighted by atomic mass is 16.2. The number of imidazole rings is 1. The SMILES string of the molecule is O=C(NCc1ccccc1)C(c1ccccc1)n1c(C(c2ccccc2)c2ccccc2)nc2ccccc21. The van der Waals surface area contributed by atoms with Gasteiger partial charge in [0.25, 0.3) is 0 Å². The Morgan fingerprint density at radius 2 is 1.10 bits per heavy atom. The summed E-state index contributed by atoms with van der Waals surface area (Å²) in [5.74, 6) is 0.597. The number of nitrogens with zero attached hydrogens (tertiary/aromatic N) is 2. The number of hydrogen-bond donors (Lipinski definition) is 1. The van der Waals surface area contributed by atoms with E-state index in [0.717, 1.165) is 39.1 Å². The number of nitrogens with one attached hydrogen (secondary N) is 1. The van der Waals surface area contributed by atoms with Gasteiger partial charge in [-0.15, -0.1) is 0 Å². The van der Waals surface area contributed by atoms with Gasteiger partial charge in [0.2, 0.25) is 5.91 Å². The van der Waals surface area contributed by atoms with Crippen molar-refractivity contribution in [2.24, 2.45) is 0 Å². The number of aromatic nitrogens is 2. The first-order valence-electron chi connectivity index (χ1n) is 13.2. The van der Waals surface area contributed by atoms with Gasteiger partial charge in [-0.2, -0.15) is 0 Å². The van der Waals surface area contributed by atoms with Gasteiger partial charge in [0.05, 0.1) is 17.0 Å². The molecule has 0 aliphatic heterocycles. The summed E-state index contributed by atoms with van der Waals surface area (Å²) < 4.78 is 2.13. The molecule has 5 aromatic carbocycles. The lowest BCUT2D eigenvalue weighted by atomic mass is 9.90. The molecule has 190 valence electrons. The van der Waals surface area contributed by atoms with Crippen molar-refractivity contribution in [1.29, 1.82) is 0 Å². The highest BCUT2D eigenvalue weighted by Crippen LogP contribution is 2.37. The van der Waals surface area contributed by atoms with Gasteiger partial charge in [-0.05, 0) is 34.4 Å². The van der Waals surface area contributed by atoms with Crippen LogP contribution in [0.25, 0.3) is 11.0 Å². The van der Waals surface area contributed by atoms with Crippen LogP contribution < -0.4 is 5.32 Å². The lowest BCUT2D eigenvalue weighted by molar-refractivity contribution is -0.123. The predicted molar refractivity (Wildman–Crippen MR) is 156 cm³/mol. The molecule has 1 N–H and O–H groups in total. The Kier molecular flexibility index (Phi) is 7.00. The summed E-state index contributed by atoms with van der Waals surface area (Å²) in [4.78, 5) is 19.3. The molecule has 0 aliphatic carbocycles. The van der Waals surface area contributed by atoms with Crippen molar-refractivity contribution >= 4 is 16.9 Å². The van der Waals surface area contributed by atoms with E-state index in [-0.39, 0.29) is 11.8 Å². The Labute approximate surface area is 228 Å². The molecular formula is C35H29N3O. The fourth-order valence-electron chi connectivity index (χ4n) is 5.25. The molecule has 0 spiro atoms. The zero-order valence-corrected chi connectivity index (χ0v) is 21.5. The van der Waals surface area contributed by atoms with E-state index in [1.165, 1.54) is 0 Å². The first-order chi connectivity index (χ1) is 19.3. The van der Waals surface area contributed by atoms with Gasteiger partial charge < -0.3 is 9.88 Å². The minimum atomic E-state index is -0.604. The number of benzene rings is 5. The Morgan fingerprint density at radius 1 is 0.615 bits per heavy atom. The van der Waals surface area contributed by atoms with Crippen LogP contribution in [0, 0.1) is 0 Å². The number of fused-ring (bicyclic) bond motifs is 1. The third-order valence-corrected chi connectivity index (χ3v) is 7.08. The quantitative estimate of drug-likeness (QED) is 0.238. The molecule has 1 atom stereocenters. The fraction of sp³-hybridized carbons (Fsp3) is 0.0857. The van der Waals surface area contributed by atoms with Crippen LogP contribution in [-0.4, -0.2) is 15.5 Å². The van der Waals surface area contributed by atoms with Crippen LogP contribution in [0.2, 0.25) is 0 Å². The summed E-state index contributed by atoms with van der Waals surface area (Å²) in [6, 6.07) is 48.3. The second-order valence-corrected chi connectivity index (χ2v) is 9.60. The Balaban J connectivity index is 1.55. The van der Waals surface area contributed by atoms with E-state index >= 15 is 0 Å². The molecule has 0 bridgehead atoms. The van der Waals surface area contributed by atoms with E-state index in [1.54, 1.807) is 0 Å². The largest absolute Gasteiger partial charge is 0.350 e. The number of rotatable bonds is 8. The summed E-state index contributed by atoms with van der Waals surface area (Å²) in [5.41, 5.74) is 6.00. The molecule has 1 aromatic heterocycles. The molecule has 6 aromatic rings. The zero-order chi connectivity index (χ0) is 26.4. The lowest BCUT2D eigenvalue weighted by Gasteiger charge is -2.26. The molecule has 0 aliphatic rings. The van der Waals surface area contributed by atoms with Crippen molar-refractivity contribution in [3.05, 3.63) is 174 Å². The van der Waals surface area contributed by atoms with Gasteiger partial charge in [-0.25, -0.2) is 4.98 Å². The van der Waals surface area contributed by atoms with Gasteiger partial charge in [0.1, 0.15) is 11.9 Å². The number of carbonyl (C=O) groups is 1. The lowest BCUT2D eigenvalue weighted by Crippen LogP contribution is -2.34. The molecule has 39 heavy (non-hydrogen) atoms. The van der Waals surface area contributed by atoms with Crippen LogP contribution in [0.15, 0.2) is 146 Å². The molecule has 4 heteroatoms. The molecule has 1 unspecified atom stereocenters. The van der Waals surface area contributed by atoms with Gasteiger partial charge in [-0.1, -0.05) is 133 Å². The van der Waals surface area contributed by atoms with E-state index in [0.29, 0.717) is 6.54 Å². The number of hydrogen-bond acceptors (Lipinski definition) is 2. The second kappa shape index (κ2) is 11.2. The van der Waals surface area contributed by atoms with Crippen LogP contribution in [0.5, 0.6) is 0 Å². The van der Waals surface area contributed by atoms with E-state index < -0.39 is 6.04 Å². The molecular weight excluding hydrogens is 478 g/mol. The zero-order valence-electron chi connectivity index (χ0n) is 21.5. The third kappa shape index (κ3) is 5.10. The molecule has 0 saturated carbocycles. The summed E-state index contributed by atoms with van der Waals surface area (Å²) in [5, 5.41) is 3.21. The maximum absolute atomic E-state index is 14.1. The maximum atomic E-state index is 14.1. The number of carbonyl (C=O) groups excluding carboxylic acids is 1. The van der Waals surface area contributed by atoms with Crippen LogP contribution in [0.4, 0.5) is 0 Å². The van der Waals surface area contributed by atoms with Gasteiger partial charge in [0.15, 0.2) is 0 Å². The van der Waals surface area contributed by atoms with E-state index in [2.05, 4.69) is 64.5 Å². The topological polar surface area (TPSA) is 46.9 Å². The standard InChI is InChI=1S/C35H29N3O/c39-35(36-25-26-15-5-1-6-16-26)33(29-21-11-4-12-22-29)38-31-24-14-13-23-30(31)37-34(38)32(27-17-7-2-8-18-27)28-19-9-3-10-20-28/h1-24,32-33H,25H2,(H,36,39). The van der Waals surface area contributed by atoms with E-state index in [9.17, 15) is 4.79 Å². The Hall–Kier alpha value is -4.96. The molecule has 6 rings (SSSR count). The van der Waals surface area contributed by atoms with Crippen molar-refractivity contribution in [1.82, 2.24) is 14.9 Å². The van der Waals surface area contributed by atoms with Crippen molar-refractivity contribution in [2.45, 2.75) is 18.5 Å². The first kappa shape index (κ1) is 24.4. The minimum absolute atomic E-state index is 0.0747. The second-order valence-electron chi connectivity index (χ2n) is 9.60. The molecule has 0 radical (unpaired) electrons. The molecule has 1 heterocycles. The van der Waals surface area contributed by atoms with E-state index in [4.69, 9.17) is 4.98 Å². The highest BCUT2D eigenvalue weighted by molar-refractivity contribution is 5.87. The Bertz CT molecular complexity index is 1620. The Morgan fingerprint density at radius 3 is 1.69 bits per heavy atom. The predicted octanol–water partition coefficient (Wildman–Crippen LogP) is 7.12. The van der Waals surface area contributed by atoms with Gasteiger partial charge in [-0.3, -0.25) is 4.79 Å². The van der Waals surface area contributed by atoms with Crippen molar-refractivity contribution in [3.63, 3.8) is 0 Å². The first-order valence-corrected chi connectivity index (χ1v) is 13.2. The summed E-state index contributed by atoms with van der Waals surface area (Å²) in [6.07, 6.45) is 0. The van der Waals surface area contributed by atoms with Gasteiger partial charge in [0, 0.05) is 6.54 Å². The average Bonchev–Trinajstić information content (AvgIpc) is 3.37. The minimum Gasteiger partial charge on any atom is -0.350 e. The summed E-state index contributed by atoms with van der Waals surface area (Å²) in [6.45, 7) is 0.450. The van der Waals surface area contributed by atoms with Crippen molar-refractivity contribution in [3.8, 4) is 0 Å². The molecule has 0 saturated heterocycles. The van der Waals surface area contributed by atoms with Crippen LogP contribution in [0.3, 0.4) is 0 Å². The molecule has 4 nitrogen and oxygen atoms in total. The molecule has 1 amide bonds. The molecule has 0 fully saturated rings. The van der Waals surface area contributed by atoms with Crippen LogP contribution in [-0.2, 0) is 11.3 Å².